The molecule has 240 valence electrons. The minimum absolute atomic E-state index is 0.134. The molecule has 2 aliphatic heterocycles. The van der Waals surface area contributed by atoms with E-state index >= 15 is 0 Å². The zero-order chi connectivity index (χ0) is 32.8. The fourth-order valence-electron chi connectivity index (χ4n) is 6.68. The van der Waals surface area contributed by atoms with Crippen LogP contribution in [0, 0.1) is 10.1 Å². The molecule has 2 heterocycles. The first-order chi connectivity index (χ1) is 22.1. The van der Waals surface area contributed by atoms with E-state index in [0.717, 1.165) is 19.5 Å². The van der Waals surface area contributed by atoms with Crippen LogP contribution in [0.2, 0.25) is 0 Å². The van der Waals surface area contributed by atoms with Gasteiger partial charge in [-0.2, -0.15) is 0 Å². The molecule has 9 heteroatoms. The third-order valence-electron chi connectivity index (χ3n) is 8.88. The van der Waals surface area contributed by atoms with Gasteiger partial charge in [-0.15, -0.1) is 0 Å². The van der Waals surface area contributed by atoms with Gasteiger partial charge in [0, 0.05) is 49.0 Å². The Balaban J connectivity index is 1.36. The number of nitrogens with zero attached hydrogens (tertiary/aromatic N) is 2. The van der Waals surface area contributed by atoms with E-state index in [9.17, 15) is 19.7 Å². The Morgan fingerprint density at radius 3 is 2.15 bits per heavy atom. The highest BCUT2D eigenvalue weighted by Crippen LogP contribution is 2.41. The number of nitrogens with one attached hydrogen (secondary N) is 1. The number of nitro benzene ring substituents is 1. The average molecular weight is 624 g/mol. The molecule has 46 heavy (non-hydrogen) atoms. The van der Waals surface area contributed by atoms with Crippen molar-refractivity contribution in [1.29, 1.82) is 0 Å². The van der Waals surface area contributed by atoms with Crippen LogP contribution in [0.4, 0.5) is 5.69 Å². The van der Waals surface area contributed by atoms with Crippen LogP contribution in [0.25, 0.3) is 0 Å². The number of esters is 2. The van der Waals surface area contributed by atoms with Gasteiger partial charge in [0.15, 0.2) is 0 Å². The zero-order valence-corrected chi connectivity index (χ0v) is 26.8. The smallest absolute Gasteiger partial charge is 0.337 e. The molecule has 1 N–H and O–H groups in total. The topological polar surface area (TPSA) is 111 Å². The number of carbonyl (C=O) groups excluding carboxylic acids is 2. The van der Waals surface area contributed by atoms with Crippen LogP contribution in [0.3, 0.4) is 0 Å². The number of non-ortho nitro benzene ring substituents is 1. The number of nitro groups is 1. The first-order valence-corrected chi connectivity index (χ1v) is 15.8. The van der Waals surface area contributed by atoms with Crippen molar-refractivity contribution in [2.45, 2.75) is 58.0 Å². The van der Waals surface area contributed by atoms with Gasteiger partial charge in [0.2, 0.25) is 0 Å². The predicted molar refractivity (Wildman–Crippen MR) is 176 cm³/mol. The standard InChI is InChI=1S/C37H41N3O6/c1-5-45-35(41)32-25(2)38-26(3)33(34(32)29-17-12-18-30(23-29)40(43)44)36(42)46-37(4)20-22-39(24-37)21-19-31(27-13-8-6-9-14-27)28-15-10-7-11-16-28/h6-18,23,31,34,38H,5,19-22,24H2,1-4H3/t34-,37+/m0/s1. The third kappa shape index (κ3) is 7.21. The van der Waals surface area contributed by atoms with Gasteiger partial charge in [0.25, 0.3) is 5.69 Å². The molecule has 5 rings (SSSR count). The summed E-state index contributed by atoms with van der Waals surface area (Å²) < 4.78 is 11.7. The Morgan fingerprint density at radius 1 is 0.957 bits per heavy atom. The molecular weight excluding hydrogens is 582 g/mol. The lowest BCUT2D eigenvalue weighted by Gasteiger charge is -2.33. The van der Waals surface area contributed by atoms with Gasteiger partial charge in [-0.05, 0) is 57.4 Å². The number of likely N-dealkylation sites (tertiary alicyclic amines) is 1. The van der Waals surface area contributed by atoms with Crippen molar-refractivity contribution in [3.05, 3.63) is 134 Å². The summed E-state index contributed by atoms with van der Waals surface area (Å²) in [5.41, 5.74) is 3.60. The van der Waals surface area contributed by atoms with Gasteiger partial charge in [0.1, 0.15) is 5.60 Å². The van der Waals surface area contributed by atoms with E-state index in [1.54, 1.807) is 32.9 Å². The van der Waals surface area contributed by atoms with E-state index < -0.39 is 28.4 Å². The molecule has 0 spiro atoms. The second-order valence-electron chi connectivity index (χ2n) is 12.2. The Morgan fingerprint density at radius 2 is 1.57 bits per heavy atom. The Hall–Kier alpha value is -4.76. The summed E-state index contributed by atoms with van der Waals surface area (Å²) in [6, 6.07) is 27.0. The summed E-state index contributed by atoms with van der Waals surface area (Å²) in [6.07, 6.45) is 1.56. The molecule has 0 bridgehead atoms. The molecule has 1 fully saturated rings. The minimum atomic E-state index is -0.897. The number of carbonyl (C=O) groups is 2. The van der Waals surface area contributed by atoms with Crippen LogP contribution in [-0.4, -0.2) is 53.6 Å². The summed E-state index contributed by atoms with van der Waals surface area (Å²) in [5, 5.41) is 14.8. The van der Waals surface area contributed by atoms with Gasteiger partial charge >= 0.3 is 11.9 Å². The second-order valence-corrected chi connectivity index (χ2v) is 12.2. The van der Waals surface area contributed by atoms with Crippen LogP contribution >= 0.6 is 0 Å². The highest BCUT2D eigenvalue weighted by molar-refractivity contribution is 6.00. The van der Waals surface area contributed by atoms with E-state index in [1.807, 2.05) is 19.1 Å². The van der Waals surface area contributed by atoms with E-state index in [-0.39, 0.29) is 29.4 Å². The quantitative estimate of drug-likeness (QED) is 0.144. The molecule has 0 aromatic heterocycles. The van der Waals surface area contributed by atoms with Gasteiger partial charge in [-0.3, -0.25) is 15.0 Å². The second kappa shape index (κ2) is 14.1. The molecule has 1 saturated heterocycles. The van der Waals surface area contributed by atoms with Crippen molar-refractivity contribution in [1.82, 2.24) is 10.2 Å². The maximum atomic E-state index is 14.1. The SMILES string of the molecule is CCOC(=O)C1=C(C)NC(C)=C(C(=O)O[C@]2(C)CCN(CCC(c3ccccc3)c3ccccc3)C2)[C@H]1c1cccc([N+](=O)[O-])c1. The van der Waals surface area contributed by atoms with Crippen molar-refractivity contribution < 1.29 is 24.0 Å². The van der Waals surface area contributed by atoms with Gasteiger partial charge in [-0.1, -0.05) is 72.8 Å². The molecule has 0 saturated carbocycles. The molecule has 3 aromatic carbocycles. The van der Waals surface area contributed by atoms with Gasteiger partial charge in [-0.25, -0.2) is 9.59 Å². The van der Waals surface area contributed by atoms with Crippen molar-refractivity contribution in [2.24, 2.45) is 0 Å². The van der Waals surface area contributed by atoms with Crippen molar-refractivity contribution in [3.8, 4) is 0 Å². The summed E-state index contributed by atoms with van der Waals surface area (Å²) in [7, 11) is 0. The molecule has 9 nitrogen and oxygen atoms in total. The lowest BCUT2D eigenvalue weighted by atomic mass is 9.80. The average Bonchev–Trinajstić information content (AvgIpc) is 3.41. The van der Waals surface area contributed by atoms with E-state index in [1.165, 1.54) is 23.3 Å². The van der Waals surface area contributed by atoms with E-state index in [0.29, 0.717) is 29.9 Å². The number of ether oxygens (including phenoxy) is 2. The van der Waals surface area contributed by atoms with E-state index in [2.05, 4.69) is 58.7 Å². The summed E-state index contributed by atoms with van der Waals surface area (Å²) in [4.78, 5) is 40.8. The molecule has 0 amide bonds. The fraction of sp³-hybridized carbons (Fsp3) is 0.351. The van der Waals surface area contributed by atoms with Gasteiger partial charge < -0.3 is 14.8 Å². The Labute approximate surface area is 270 Å². The molecule has 0 radical (unpaired) electrons. The molecule has 2 aliphatic rings. The Kier molecular flexibility index (Phi) is 10.0. The zero-order valence-electron chi connectivity index (χ0n) is 26.8. The summed E-state index contributed by atoms with van der Waals surface area (Å²) in [5.74, 6) is -1.81. The number of allylic oxidation sites excluding steroid dienone is 2. The normalized spacial score (nSPS) is 20.1. The van der Waals surface area contributed by atoms with Crippen LogP contribution in [0.1, 0.15) is 69.1 Å². The number of benzene rings is 3. The van der Waals surface area contributed by atoms with Crippen LogP contribution in [0.15, 0.2) is 107 Å². The molecule has 0 unspecified atom stereocenters. The highest BCUT2D eigenvalue weighted by atomic mass is 16.6. The highest BCUT2D eigenvalue weighted by Gasteiger charge is 2.43. The Bertz CT molecular complexity index is 1610. The molecule has 0 aliphatic carbocycles. The lowest BCUT2D eigenvalue weighted by Crippen LogP contribution is -2.39. The number of hydrogen-bond acceptors (Lipinski definition) is 8. The number of rotatable bonds is 11. The molecular formula is C37H41N3O6. The number of hydrogen-bond donors (Lipinski definition) is 1. The minimum Gasteiger partial charge on any atom is -0.463 e. The fourth-order valence-corrected chi connectivity index (χ4v) is 6.68. The van der Waals surface area contributed by atoms with Crippen LogP contribution < -0.4 is 5.32 Å². The van der Waals surface area contributed by atoms with Crippen molar-refractivity contribution in [2.75, 3.05) is 26.2 Å². The summed E-state index contributed by atoms with van der Waals surface area (Å²) >= 11 is 0. The maximum Gasteiger partial charge on any atom is 0.337 e. The van der Waals surface area contributed by atoms with Crippen molar-refractivity contribution in [3.63, 3.8) is 0 Å². The monoisotopic (exact) mass is 623 g/mol. The van der Waals surface area contributed by atoms with E-state index in [4.69, 9.17) is 9.47 Å². The first-order valence-electron chi connectivity index (χ1n) is 15.8. The van der Waals surface area contributed by atoms with Crippen molar-refractivity contribution >= 4 is 17.6 Å². The first kappa shape index (κ1) is 32.6. The summed E-state index contributed by atoms with van der Waals surface area (Å²) in [6.45, 7) is 9.45. The largest absolute Gasteiger partial charge is 0.463 e. The lowest BCUT2D eigenvalue weighted by molar-refractivity contribution is -0.384. The molecule has 3 aromatic rings. The molecule has 2 atom stereocenters. The predicted octanol–water partition coefficient (Wildman–Crippen LogP) is 6.62. The number of dihydropyridines is 1. The maximum absolute atomic E-state index is 14.1. The van der Waals surface area contributed by atoms with Crippen LogP contribution in [0.5, 0.6) is 0 Å². The third-order valence-corrected chi connectivity index (χ3v) is 8.88. The van der Waals surface area contributed by atoms with Gasteiger partial charge in [0.05, 0.1) is 28.6 Å². The van der Waals surface area contributed by atoms with Crippen LogP contribution in [-0.2, 0) is 19.1 Å².